The van der Waals surface area contributed by atoms with E-state index in [1.54, 1.807) is 21.1 Å². The van der Waals surface area contributed by atoms with E-state index in [0.717, 1.165) is 16.7 Å². The van der Waals surface area contributed by atoms with Crippen molar-refractivity contribution in [2.24, 2.45) is 0 Å². The Morgan fingerprint density at radius 2 is 1.33 bits per heavy atom. The van der Waals surface area contributed by atoms with Crippen LogP contribution >= 0.6 is 0 Å². The lowest BCUT2D eigenvalue weighted by atomic mass is 9.95. The van der Waals surface area contributed by atoms with Crippen LogP contribution in [0.2, 0.25) is 0 Å². The Kier molecular flexibility index (Phi) is 9.63. The molecule has 0 unspecified atom stereocenters. The summed E-state index contributed by atoms with van der Waals surface area (Å²) in [6.45, 7) is 4.51. The molecular formula is C29H31N3O7. The molecule has 0 aliphatic carbocycles. The zero-order valence-corrected chi connectivity index (χ0v) is 22.7. The van der Waals surface area contributed by atoms with Crippen LogP contribution in [0.1, 0.15) is 42.4 Å². The maximum absolute atomic E-state index is 13.1. The molecule has 2 N–H and O–H groups in total. The Bertz CT molecular complexity index is 1320. The quantitative estimate of drug-likeness (QED) is 0.378. The van der Waals surface area contributed by atoms with E-state index in [9.17, 15) is 14.4 Å². The number of nitrogens with zero attached hydrogens (tertiary/aromatic N) is 1. The molecule has 0 saturated heterocycles. The molecule has 10 heteroatoms. The molecule has 3 rings (SSSR count). The third-order valence-corrected chi connectivity index (χ3v) is 5.73. The first-order chi connectivity index (χ1) is 18.7. The van der Waals surface area contributed by atoms with E-state index in [4.69, 9.17) is 18.9 Å². The van der Waals surface area contributed by atoms with Gasteiger partial charge in [-0.3, -0.25) is 14.4 Å². The fourth-order valence-electron chi connectivity index (χ4n) is 3.80. The number of benzene rings is 2. The van der Waals surface area contributed by atoms with Gasteiger partial charge in [0.15, 0.2) is 11.4 Å². The summed E-state index contributed by atoms with van der Waals surface area (Å²) in [5.41, 5.74) is 2.85. The van der Waals surface area contributed by atoms with Crippen LogP contribution in [-0.2, 0) is 9.59 Å². The van der Waals surface area contributed by atoms with Gasteiger partial charge in [-0.1, -0.05) is 24.3 Å². The normalized spacial score (nSPS) is 11.0. The second-order valence-electron chi connectivity index (χ2n) is 8.43. The fourth-order valence-corrected chi connectivity index (χ4v) is 3.80. The molecule has 39 heavy (non-hydrogen) atoms. The van der Waals surface area contributed by atoms with Gasteiger partial charge in [0.1, 0.15) is 17.5 Å². The molecule has 0 spiro atoms. The van der Waals surface area contributed by atoms with Gasteiger partial charge in [-0.2, -0.15) is 0 Å². The highest BCUT2D eigenvalue weighted by Gasteiger charge is 2.24. The second-order valence-corrected chi connectivity index (χ2v) is 8.43. The van der Waals surface area contributed by atoms with Crippen LogP contribution in [0.5, 0.6) is 23.0 Å². The van der Waals surface area contributed by atoms with Crippen molar-refractivity contribution in [1.82, 2.24) is 15.6 Å². The average molecular weight is 534 g/mol. The first-order valence-electron chi connectivity index (χ1n) is 12.0. The Morgan fingerprint density at radius 3 is 1.79 bits per heavy atom. The summed E-state index contributed by atoms with van der Waals surface area (Å²) >= 11 is 0. The summed E-state index contributed by atoms with van der Waals surface area (Å²) in [5.74, 6) is -0.390. The summed E-state index contributed by atoms with van der Waals surface area (Å²) in [6.07, 6.45) is 1.34. The molecular weight excluding hydrogens is 502 g/mol. The number of carbonyl (C=O) groups excluding carboxylic acids is 3. The molecule has 10 nitrogen and oxygen atoms in total. The van der Waals surface area contributed by atoms with Crippen molar-refractivity contribution in [3.05, 3.63) is 83.3 Å². The molecule has 0 aliphatic heterocycles. The smallest absolute Gasteiger partial charge is 0.308 e. The van der Waals surface area contributed by atoms with Crippen LogP contribution in [0.3, 0.4) is 0 Å². The molecule has 1 atom stereocenters. The molecule has 0 aliphatic rings. The van der Waals surface area contributed by atoms with E-state index >= 15 is 0 Å². The van der Waals surface area contributed by atoms with Crippen LogP contribution in [-0.4, -0.2) is 50.1 Å². The minimum atomic E-state index is -0.960. The number of aromatic nitrogens is 1. The van der Waals surface area contributed by atoms with Gasteiger partial charge in [-0.15, -0.1) is 0 Å². The van der Waals surface area contributed by atoms with Gasteiger partial charge in [0, 0.05) is 30.5 Å². The number of nitrogens with one attached hydrogen (secondary N) is 2. The number of hydrogen-bond acceptors (Lipinski definition) is 8. The van der Waals surface area contributed by atoms with E-state index in [-0.39, 0.29) is 17.2 Å². The van der Waals surface area contributed by atoms with Gasteiger partial charge in [0.2, 0.25) is 11.7 Å². The number of allylic oxidation sites excluding steroid dienone is 1. The van der Waals surface area contributed by atoms with Crippen molar-refractivity contribution in [1.29, 1.82) is 0 Å². The van der Waals surface area contributed by atoms with Crippen molar-refractivity contribution < 1.29 is 33.3 Å². The Labute approximate surface area is 226 Å². The predicted octanol–water partition coefficient (Wildman–Crippen LogP) is 3.75. The van der Waals surface area contributed by atoms with Gasteiger partial charge in [0.05, 0.1) is 21.3 Å². The number of hydrogen-bond donors (Lipinski definition) is 2. The molecule has 1 heterocycles. The predicted molar refractivity (Wildman–Crippen MR) is 145 cm³/mol. The van der Waals surface area contributed by atoms with Crippen molar-refractivity contribution in [2.45, 2.75) is 26.8 Å². The first-order valence-corrected chi connectivity index (χ1v) is 12.0. The van der Waals surface area contributed by atoms with Crippen LogP contribution in [0, 0.1) is 0 Å². The van der Waals surface area contributed by atoms with Gasteiger partial charge in [-0.05, 0) is 49.2 Å². The first kappa shape index (κ1) is 28.7. The van der Waals surface area contributed by atoms with Gasteiger partial charge < -0.3 is 29.6 Å². The van der Waals surface area contributed by atoms with E-state index in [0.29, 0.717) is 17.2 Å². The number of esters is 1. The highest BCUT2D eigenvalue weighted by atomic mass is 16.6. The molecule has 2 amide bonds. The second kappa shape index (κ2) is 13.1. The van der Waals surface area contributed by atoms with Gasteiger partial charge in [-0.25, -0.2) is 4.98 Å². The number of rotatable bonds is 10. The van der Waals surface area contributed by atoms with E-state index in [1.807, 2.05) is 48.5 Å². The number of pyridine rings is 1. The molecule has 1 aromatic heterocycles. The van der Waals surface area contributed by atoms with Crippen molar-refractivity contribution in [3.8, 4) is 23.0 Å². The standard InChI is InChI=1S/C29H31N3O7/c1-17(25(20-7-11-22(36-4)12-8-20)21-9-13-23(37-5)14-10-21)31-28(34)18(2)32-29(35)26-27(39-19(3)33)24(38-6)15-16-30-26/h7-16,18H,1-6H3,(H,31,34)(H,32,35)/t18-/m0/s1. The number of carbonyl (C=O) groups is 3. The van der Waals surface area contributed by atoms with Crippen LogP contribution in [0.25, 0.3) is 5.57 Å². The lowest BCUT2D eigenvalue weighted by Gasteiger charge is -2.19. The van der Waals surface area contributed by atoms with Crippen LogP contribution in [0.4, 0.5) is 0 Å². The summed E-state index contributed by atoms with van der Waals surface area (Å²) in [6, 6.07) is 15.4. The highest BCUT2D eigenvalue weighted by molar-refractivity contribution is 5.99. The lowest BCUT2D eigenvalue weighted by molar-refractivity contribution is -0.132. The molecule has 0 fully saturated rings. The van der Waals surface area contributed by atoms with Gasteiger partial charge in [0.25, 0.3) is 5.91 Å². The van der Waals surface area contributed by atoms with Crippen molar-refractivity contribution >= 4 is 23.4 Å². The van der Waals surface area contributed by atoms with E-state index < -0.39 is 23.8 Å². The van der Waals surface area contributed by atoms with Gasteiger partial charge >= 0.3 is 5.97 Å². The van der Waals surface area contributed by atoms with Crippen molar-refractivity contribution in [3.63, 3.8) is 0 Å². The topological polar surface area (TPSA) is 125 Å². The maximum Gasteiger partial charge on any atom is 0.308 e. The van der Waals surface area contributed by atoms with E-state index in [2.05, 4.69) is 15.6 Å². The third-order valence-electron chi connectivity index (χ3n) is 5.73. The Balaban J connectivity index is 1.88. The molecule has 2 aromatic carbocycles. The summed E-state index contributed by atoms with van der Waals surface area (Å²) in [4.78, 5) is 41.7. The molecule has 0 bridgehead atoms. The largest absolute Gasteiger partial charge is 0.497 e. The number of amides is 2. The molecule has 204 valence electrons. The summed E-state index contributed by atoms with van der Waals surface area (Å²) in [5, 5.41) is 5.49. The Hall–Kier alpha value is -4.86. The molecule has 0 radical (unpaired) electrons. The van der Waals surface area contributed by atoms with Crippen LogP contribution < -0.4 is 29.6 Å². The molecule has 0 saturated carbocycles. The maximum atomic E-state index is 13.1. The minimum Gasteiger partial charge on any atom is -0.497 e. The zero-order valence-electron chi connectivity index (χ0n) is 22.7. The summed E-state index contributed by atoms with van der Waals surface area (Å²) in [7, 11) is 4.55. The molecule has 3 aromatic rings. The van der Waals surface area contributed by atoms with Crippen molar-refractivity contribution in [2.75, 3.05) is 21.3 Å². The highest BCUT2D eigenvalue weighted by Crippen LogP contribution is 2.30. The third kappa shape index (κ3) is 7.13. The summed E-state index contributed by atoms with van der Waals surface area (Å²) < 4.78 is 20.9. The van der Waals surface area contributed by atoms with E-state index in [1.165, 1.54) is 33.2 Å². The number of methoxy groups -OCH3 is 3. The number of ether oxygens (including phenoxy) is 4. The zero-order chi connectivity index (χ0) is 28.5. The van der Waals surface area contributed by atoms with Crippen LogP contribution in [0.15, 0.2) is 66.5 Å². The minimum absolute atomic E-state index is 0.130. The Morgan fingerprint density at radius 1 is 0.795 bits per heavy atom. The lowest BCUT2D eigenvalue weighted by Crippen LogP contribution is -2.44. The monoisotopic (exact) mass is 533 g/mol. The SMILES string of the molecule is COc1ccc(C(=C(C)NC(=O)[C@H](C)NC(=O)c2nccc(OC)c2OC(C)=O)c2ccc(OC)cc2)cc1. The average Bonchev–Trinajstić information content (AvgIpc) is 2.93. The fraction of sp³-hybridized carbons (Fsp3) is 0.241.